The first kappa shape index (κ1) is 21.2. The summed E-state index contributed by atoms with van der Waals surface area (Å²) in [5.74, 6) is 1.08. The van der Waals surface area contributed by atoms with E-state index in [1.165, 1.54) is 21.8 Å². The number of ether oxygens (including phenoxy) is 2. The van der Waals surface area contributed by atoms with Gasteiger partial charge in [-0.3, -0.25) is 19.4 Å². The number of amides is 2. The second kappa shape index (κ2) is 9.09. The molecule has 2 aromatic rings. The molecule has 170 valence electrons. The molecule has 1 saturated heterocycles. The molecule has 0 atom stereocenters. The number of aryl methyl sites for hydroxylation is 1. The Morgan fingerprint density at radius 2 is 1.78 bits per heavy atom. The lowest BCUT2D eigenvalue weighted by Crippen LogP contribution is -2.48. The summed E-state index contributed by atoms with van der Waals surface area (Å²) < 4.78 is 10.8. The Morgan fingerprint density at radius 3 is 2.59 bits per heavy atom. The first-order valence-corrected chi connectivity index (χ1v) is 12.0. The van der Waals surface area contributed by atoms with Crippen molar-refractivity contribution in [3.05, 3.63) is 39.8 Å². The van der Waals surface area contributed by atoms with Crippen molar-refractivity contribution in [2.45, 2.75) is 32.2 Å². The fourth-order valence-electron chi connectivity index (χ4n) is 4.69. The SMILES string of the molecule is NC(=O)c1c(NC(=O)CN2CCN(Cc3ccc4c(c3)OCO4)CC2)sc2c1CCCC2. The monoisotopic (exact) mass is 456 g/mol. The van der Waals surface area contributed by atoms with Gasteiger partial charge in [-0.1, -0.05) is 6.07 Å². The minimum absolute atomic E-state index is 0.0877. The normalized spacial score (nSPS) is 18.4. The number of anilines is 1. The highest BCUT2D eigenvalue weighted by molar-refractivity contribution is 7.17. The number of thiophene rings is 1. The van der Waals surface area contributed by atoms with Crippen LogP contribution in [-0.4, -0.2) is 61.1 Å². The molecule has 1 aromatic carbocycles. The third kappa shape index (κ3) is 4.46. The third-order valence-electron chi connectivity index (χ3n) is 6.35. The van der Waals surface area contributed by atoms with Crippen molar-refractivity contribution < 1.29 is 19.1 Å². The van der Waals surface area contributed by atoms with Crippen LogP contribution in [0.4, 0.5) is 5.00 Å². The molecular weight excluding hydrogens is 428 g/mol. The Kier molecular flexibility index (Phi) is 6.03. The largest absolute Gasteiger partial charge is 0.454 e. The van der Waals surface area contributed by atoms with Crippen molar-refractivity contribution >= 4 is 28.2 Å². The van der Waals surface area contributed by atoms with Crippen LogP contribution in [0.5, 0.6) is 11.5 Å². The molecule has 0 saturated carbocycles. The molecule has 3 aliphatic rings. The maximum absolute atomic E-state index is 12.7. The molecule has 1 aliphatic carbocycles. The van der Waals surface area contributed by atoms with Crippen LogP contribution in [0.15, 0.2) is 18.2 Å². The number of piperazine rings is 1. The molecular formula is C23H28N4O4S. The number of hydrogen-bond acceptors (Lipinski definition) is 7. The van der Waals surface area contributed by atoms with Crippen LogP contribution < -0.4 is 20.5 Å². The number of fused-ring (bicyclic) bond motifs is 2. The van der Waals surface area contributed by atoms with E-state index in [-0.39, 0.29) is 12.7 Å². The molecule has 3 heterocycles. The molecule has 5 rings (SSSR count). The highest BCUT2D eigenvalue weighted by Gasteiger charge is 2.26. The quantitative estimate of drug-likeness (QED) is 0.692. The molecule has 1 fully saturated rings. The smallest absolute Gasteiger partial charge is 0.251 e. The third-order valence-corrected chi connectivity index (χ3v) is 7.55. The Bertz CT molecular complexity index is 1030. The van der Waals surface area contributed by atoms with Crippen molar-refractivity contribution in [3.8, 4) is 11.5 Å². The Labute approximate surface area is 191 Å². The van der Waals surface area contributed by atoms with Crippen LogP contribution >= 0.6 is 11.3 Å². The molecule has 3 N–H and O–H groups in total. The summed E-state index contributed by atoms with van der Waals surface area (Å²) in [6.45, 7) is 4.87. The van der Waals surface area contributed by atoms with Crippen LogP contribution in [-0.2, 0) is 24.2 Å². The average Bonchev–Trinajstić information content (AvgIpc) is 3.38. The summed E-state index contributed by atoms with van der Waals surface area (Å²) in [6.07, 6.45) is 4.01. The highest BCUT2D eigenvalue weighted by Crippen LogP contribution is 2.38. The molecule has 0 bridgehead atoms. The van der Waals surface area contributed by atoms with Crippen molar-refractivity contribution in [2.75, 3.05) is 44.8 Å². The fraction of sp³-hybridized carbons (Fsp3) is 0.478. The van der Waals surface area contributed by atoms with Crippen molar-refractivity contribution in [1.29, 1.82) is 0 Å². The van der Waals surface area contributed by atoms with E-state index < -0.39 is 5.91 Å². The number of nitrogens with one attached hydrogen (secondary N) is 1. The van der Waals surface area contributed by atoms with Gasteiger partial charge in [-0.2, -0.15) is 0 Å². The summed E-state index contributed by atoms with van der Waals surface area (Å²) in [7, 11) is 0. The summed E-state index contributed by atoms with van der Waals surface area (Å²) in [5, 5.41) is 3.59. The number of primary amides is 1. The van der Waals surface area contributed by atoms with Gasteiger partial charge in [-0.25, -0.2) is 0 Å². The van der Waals surface area contributed by atoms with E-state index in [1.54, 1.807) is 0 Å². The molecule has 2 aliphatic heterocycles. The van der Waals surface area contributed by atoms with E-state index in [4.69, 9.17) is 15.2 Å². The number of carbonyl (C=O) groups excluding carboxylic acids is 2. The summed E-state index contributed by atoms with van der Waals surface area (Å²) in [5.41, 5.74) is 8.40. The van der Waals surface area contributed by atoms with E-state index in [2.05, 4.69) is 21.2 Å². The van der Waals surface area contributed by atoms with Gasteiger partial charge in [0.05, 0.1) is 12.1 Å². The standard InChI is InChI=1S/C23H28N4O4S/c24-22(29)21-16-3-1-2-4-19(16)32-23(21)25-20(28)13-27-9-7-26(8-10-27)12-15-5-6-17-18(11-15)31-14-30-17/h5-6,11H,1-4,7-10,12-14H2,(H2,24,29)(H,25,28). The van der Waals surface area contributed by atoms with Crippen LogP contribution in [0, 0.1) is 0 Å². The zero-order chi connectivity index (χ0) is 22.1. The predicted octanol–water partition coefficient (Wildman–Crippen LogP) is 2.21. The Hall–Kier alpha value is -2.62. The zero-order valence-corrected chi connectivity index (χ0v) is 18.8. The van der Waals surface area contributed by atoms with E-state index in [0.717, 1.165) is 75.5 Å². The van der Waals surface area contributed by atoms with Crippen LogP contribution in [0.3, 0.4) is 0 Å². The van der Waals surface area contributed by atoms with Crippen LogP contribution in [0.1, 0.15) is 39.2 Å². The average molecular weight is 457 g/mol. The maximum atomic E-state index is 12.7. The first-order chi connectivity index (χ1) is 15.6. The zero-order valence-electron chi connectivity index (χ0n) is 18.0. The second-order valence-electron chi connectivity index (χ2n) is 8.57. The van der Waals surface area contributed by atoms with Gasteiger partial charge in [0, 0.05) is 37.6 Å². The van der Waals surface area contributed by atoms with Crippen LogP contribution in [0.25, 0.3) is 0 Å². The number of nitrogens with zero attached hydrogens (tertiary/aromatic N) is 2. The second-order valence-corrected chi connectivity index (χ2v) is 9.67. The van der Waals surface area contributed by atoms with Crippen molar-refractivity contribution in [3.63, 3.8) is 0 Å². The van der Waals surface area contributed by atoms with E-state index >= 15 is 0 Å². The van der Waals surface area contributed by atoms with E-state index in [1.807, 2.05) is 12.1 Å². The first-order valence-electron chi connectivity index (χ1n) is 11.1. The lowest BCUT2D eigenvalue weighted by atomic mass is 9.95. The molecule has 0 spiro atoms. The van der Waals surface area contributed by atoms with Gasteiger partial charge in [0.2, 0.25) is 12.7 Å². The minimum Gasteiger partial charge on any atom is -0.454 e. The number of carbonyl (C=O) groups is 2. The Balaban J connectivity index is 1.13. The maximum Gasteiger partial charge on any atom is 0.251 e. The predicted molar refractivity (Wildman–Crippen MR) is 122 cm³/mol. The molecule has 0 unspecified atom stereocenters. The van der Waals surface area contributed by atoms with Gasteiger partial charge in [0.1, 0.15) is 5.00 Å². The highest BCUT2D eigenvalue weighted by atomic mass is 32.1. The summed E-state index contributed by atoms with van der Waals surface area (Å²) in [6, 6.07) is 6.07. The minimum atomic E-state index is -0.447. The molecule has 9 heteroatoms. The summed E-state index contributed by atoms with van der Waals surface area (Å²) >= 11 is 1.51. The molecule has 2 amide bonds. The molecule has 0 radical (unpaired) electrons. The van der Waals surface area contributed by atoms with Crippen molar-refractivity contribution in [2.24, 2.45) is 5.73 Å². The molecule has 32 heavy (non-hydrogen) atoms. The number of rotatable bonds is 6. The van der Waals surface area contributed by atoms with Crippen molar-refractivity contribution in [1.82, 2.24) is 9.80 Å². The molecule has 1 aromatic heterocycles. The van der Waals surface area contributed by atoms with E-state index in [0.29, 0.717) is 17.1 Å². The molecule has 8 nitrogen and oxygen atoms in total. The number of hydrogen-bond donors (Lipinski definition) is 2. The topological polar surface area (TPSA) is 97.1 Å². The van der Waals surface area contributed by atoms with Gasteiger partial charge in [0.15, 0.2) is 11.5 Å². The van der Waals surface area contributed by atoms with Gasteiger partial charge >= 0.3 is 0 Å². The summed E-state index contributed by atoms with van der Waals surface area (Å²) in [4.78, 5) is 30.5. The number of benzene rings is 1. The van der Waals surface area contributed by atoms with Crippen LogP contribution in [0.2, 0.25) is 0 Å². The van der Waals surface area contributed by atoms with E-state index in [9.17, 15) is 9.59 Å². The lowest BCUT2D eigenvalue weighted by Gasteiger charge is -2.34. The number of nitrogens with two attached hydrogens (primary N) is 1. The van der Waals surface area contributed by atoms with Gasteiger partial charge in [-0.05, 0) is 48.9 Å². The fourth-order valence-corrected chi connectivity index (χ4v) is 6.00. The van der Waals surface area contributed by atoms with Gasteiger partial charge in [0.25, 0.3) is 5.91 Å². The van der Waals surface area contributed by atoms with Gasteiger partial charge < -0.3 is 20.5 Å². The Morgan fingerprint density at radius 1 is 1.03 bits per heavy atom. The van der Waals surface area contributed by atoms with Gasteiger partial charge in [-0.15, -0.1) is 11.3 Å². The lowest BCUT2D eigenvalue weighted by molar-refractivity contribution is -0.117.